The van der Waals surface area contributed by atoms with Gasteiger partial charge in [-0.2, -0.15) is 0 Å². The van der Waals surface area contributed by atoms with Crippen molar-refractivity contribution in [1.29, 1.82) is 0 Å². The van der Waals surface area contributed by atoms with Crippen LogP contribution in [-0.4, -0.2) is 19.0 Å². The normalized spacial score (nSPS) is 9.93. The molecule has 0 fully saturated rings. The summed E-state index contributed by atoms with van der Waals surface area (Å²) in [5.41, 5.74) is 0. The Hall–Kier alpha value is -1.11. The molecule has 2 aromatic rings. The highest BCUT2D eigenvalue weighted by molar-refractivity contribution is 7.23. The summed E-state index contributed by atoms with van der Waals surface area (Å²) >= 11 is 2.85. The van der Waals surface area contributed by atoms with Crippen molar-refractivity contribution < 1.29 is 14.5 Å². The number of rotatable bonds is 4. The van der Waals surface area contributed by atoms with E-state index in [9.17, 15) is 4.79 Å². The number of hydrogen-bond donors (Lipinski definition) is 1. The first-order valence-electron chi connectivity index (χ1n) is 4.11. The molecule has 0 aliphatic rings. The summed E-state index contributed by atoms with van der Waals surface area (Å²) in [4.78, 5) is 13.3. The number of hydrogen-bond acceptors (Lipinski definition) is 5. The Morgan fingerprint density at radius 3 is 2.60 bits per heavy atom. The monoisotopic (exact) mass is 237 g/mol. The molecule has 75 valence electrons. The Kier molecular flexibility index (Phi) is 3.20. The first kappa shape index (κ1) is 10.4. The van der Waals surface area contributed by atoms with Crippen LogP contribution in [0.1, 0.15) is 9.67 Å². The first-order chi connectivity index (χ1) is 7.33. The third-order valence-electron chi connectivity index (χ3n) is 1.74. The van der Waals surface area contributed by atoms with Gasteiger partial charge >= 0.3 is 7.69 Å². The predicted octanol–water partition coefficient (Wildman–Crippen LogP) is 2.19. The van der Waals surface area contributed by atoms with E-state index >= 15 is 0 Å². The lowest BCUT2D eigenvalue weighted by atomic mass is 10.4. The summed E-state index contributed by atoms with van der Waals surface area (Å²) < 4.78 is 4.83. The number of aldehydes is 1. The molecule has 0 saturated heterocycles. The highest BCUT2D eigenvalue weighted by Gasteiger charge is 2.06. The third-order valence-corrected chi connectivity index (χ3v) is 3.92. The maximum Gasteiger partial charge on any atom is 0.569 e. The van der Waals surface area contributed by atoms with Crippen LogP contribution in [0.2, 0.25) is 0 Å². The second kappa shape index (κ2) is 4.61. The summed E-state index contributed by atoms with van der Waals surface area (Å²) in [5, 5.41) is 9.08. The summed E-state index contributed by atoms with van der Waals surface area (Å²) in [6.45, 7) is 0. The zero-order valence-electron chi connectivity index (χ0n) is 7.54. The molecule has 0 aliphatic carbocycles. The maximum absolute atomic E-state index is 10.5. The molecule has 3 nitrogen and oxygen atoms in total. The summed E-state index contributed by atoms with van der Waals surface area (Å²) in [6, 6.07) is 7.34. The second-order valence-corrected chi connectivity index (χ2v) is 4.82. The molecule has 1 N–H and O–H groups in total. The lowest BCUT2D eigenvalue weighted by Gasteiger charge is -1.93. The highest BCUT2D eigenvalue weighted by Crippen LogP contribution is 2.36. The molecule has 2 rings (SSSR count). The summed E-state index contributed by atoms with van der Waals surface area (Å²) in [7, 11) is 0.654. The Balaban J connectivity index is 2.24. The van der Waals surface area contributed by atoms with E-state index in [4.69, 9.17) is 9.68 Å². The fourth-order valence-corrected chi connectivity index (χ4v) is 2.86. The molecule has 6 heteroatoms. The standard InChI is InChI=1S/C9H6BO3S2/c11-5-6-1-2-7(14-6)8-3-4-9(15-8)13-10-12/h1-5,12H. The molecule has 0 aliphatic heterocycles. The molecule has 0 saturated carbocycles. The fraction of sp³-hybridized carbons (Fsp3) is 0. The molecule has 1 radical (unpaired) electrons. The Bertz CT molecular complexity index is 463. The average molecular weight is 237 g/mol. The zero-order valence-corrected chi connectivity index (χ0v) is 9.18. The summed E-state index contributed by atoms with van der Waals surface area (Å²) in [6.07, 6.45) is 0.834. The van der Waals surface area contributed by atoms with Crippen molar-refractivity contribution >= 4 is 36.6 Å². The van der Waals surface area contributed by atoms with E-state index in [1.165, 1.54) is 22.7 Å². The molecule has 2 heterocycles. The van der Waals surface area contributed by atoms with Crippen molar-refractivity contribution in [2.24, 2.45) is 0 Å². The van der Waals surface area contributed by atoms with Crippen LogP contribution in [0.25, 0.3) is 9.75 Å². The van der Waals surface area contributed by atoms with Crippen LogP contribution in [0.5, 0.6) is 5.06 Å². The highest BCUT2D eigenvalue weighted by atomic mass is 32.1. The molecule has 0 amide bonds. The van der Waals surface area contributed by atoms with Gasteiger partial charge in [0.05, 0.1) is 4.88 Å². The predicted molar refractivity (Wildman–Crippen MR) is 61.6 cm³/mol. The molecular formula is C9H6BO3S2. The summed E-state index contributed by atoms with van der Waals surface area (Å²) in [5.74, 6) is 0. The van der Waals surface area contributed by atoms with Gasteiger partial charge in [0.2, 0.25) is 0 Å². The Morgan fingerprint density at radius 2 is 1.93 bits per heavy atom. The number of carbonyl (C=O) groups is 1. The van der Waals surface area contributed by atoms with E-state index in [2.05, 4.69) is 0 Å². The van der Waals surface area contributed by atoms with Crippen molar-refractivity contribution in [3.8, 4) is 14.8 Å². The molecule has 0 spiro atoms. The minimum Gasteiger partial charge on any atom is -0.530 e. The van der Waals surface area contributed by atoms with Gasteiger partial charge < -0.3 is 9.68 Å². The molecular weight excluding hydrogens is 231 g/mol. The number of carbonyl (C=O) groups excluding carboxylic acids is 1. The topological polar surface area (TPSA) is 46.5 Å². The van der Waals surface area contributed by atoms with Crippen molar-refractivity contribution in [3.63, 3.8) is 0 Å². The minimum absolute atomic E-state index is 0.619. The van der Waals surface area contributed by atoms with Crippen LogP contribution in [0.15, 0.2) is 24.3 Å². The third kappa shape index (κ3) is 2.28. The van der Waals surface area contributed by atoms with Gasteiger partial charge in [-0.3, -0.25) is 4.79 Å². The van der Waals surface area contributed by atoms with E-state index in [1.807, 2.05) is 12.1 Å². The Morgan fingerprint density at radius 1 is 1.20 bits per heavy atom. The van der Waals surface area contributed by atoms with Gasteiger partial charge in [0.15, 0.2) is 11.3 Å². The van der Waals surface area contributed by atoms with Crippen molar-refractivity contribution in [1.82, 2.24) is 0 Å². The van der Waals surface area contributed by atoms with Gasteiger partial charge in [-0.15, -0.1) is 11.3 Å². The molecule has 0 unspecified atom stereocenters. The number of thiophene rings is 2. The van der Waals surface area contributed by atoms with Crippen molar-refractivity contribution in [2.45, 2.75) is 0 Å². The van der Waals surface area contributed by atoms with Gasteiger partial charge in [0.1, 0.15) is 0 Å². The van der Waals surface area contributed by atoms with E-state index < -0.39 is 0 Å². The minimum atomic E-state index is 0.619. The van der Waals surface area contributed by atoms with Crippen LogP contribution >= 0.6 is 22.7 Å². The van der Waals surface area contributed by atoms with Gasteiger partial charge in [0, 0.05) is 9.75 Å². The molecule has 15 heavy (non-hydrogen) atoms. The lowest BCUT2D eigenvalue weighted by Crippen LogP contribution is -1.97. The SMILES string of the molecule is O=Cc1ccc(-c2ccc(O[B]O)s2)s1. The van der Waals surface area contributed by atoms with E-state index in [1.54, 1.807) is 12.1 Å². The Labute approximate surface area is 95.3 Å². The lowest BCUT2D eigenvalue weighted by molar-refractivity contribution is 0.112. The van der Waals surface area contributed by atoms with Crippen LogP contribution < -0.4 is 4.65 Å². The largest absolute Gasteiger partial charge is 0.569 e. The molecule has 0 atom stereocenters. The van der Waals surface area contributed by atoms with Crippen molar-refractivity contribution in [3.05, 3.63) is 29.1 Å². The van der Waals surface area contributed by atoms with Crippen LogP contribution in [0.3, 0.4) is 0 Å². The quantitative estimate of drug-likeness (QED) is 0.654. The van der Waals surface area contributed by atoms with Crippen LogP contribution in [-0.2, 0) is 0 Å². The van der Waals surface area contributed by atoms with Crippen LogP contribution in [0, 0.1) is 0 Å². The van der Waals surface area contributed by atoms with E-state index in [-0.39, 0.29) is 0 Å². The molecule has 0 bridgehead atoms. The maximum atomic E-state index is 10.5. The molecule has 0 aromatic carbocycles. The second-order valence-electron chi connectivity index (χ2n) is 2.66. The van der Waals surface area contributed by atoms with Gasteiger partial charge in [-0.1, -0.05) is 11.3 Å². The zero-order chi connectivity index (χ0) is 10.7. The van der Waals surface area contributed by atoms with Crippen molar-refractivity contribution in [2.75, 3.05) is 0 Å². The van der Waals surface area contributed by atoms with E-state index in [0.29, 0.717) is 17.6 Å². The van der Waals surface area contributed by atoms with Gasteiger partial charge in [-0.25, -0.2) is 0 Å². The smallest absolute Gasteiger partial charge is 0.530 e. The van der Waals surface area contributed by atoms with Crippen LogP contribution in [0.4, 0.5) is 0 Å². The van der Waals surface area contributed by atoms with Gasteiger partial charge in [-0.05, 0) is 24.3 Å². The fourth-order valence-electron chi connectivity index (χ4n) is 1.12. The van der Waals surface area contributed by atoms with E-state index in [0.717, 1.165) is 16.0 Å². The molecule has 2 aromatic heterocycles. The van der Waals surface area contributed by atoms with Gasteiger partial charge in [0.25, 0.3) is 0 Å². The average Bonchev–Trinajstić information content (AvgIpc) is 2.85. The first-order valence-corrected chi connectivity index (χ1v) is 5.74.